The van der Waals surface area contributed by atoms with Gasteiger partial charge < -0.3 is 5.32 Å². The van der Waals surface area contributed by atoms with Gasteiger partial charge in [0.2, 0.25) is 0 Å². The predicted octanol–water partition coefficient (Wildman–Crippen LogP) is 1.93. The van der Waals surface area contributed by atoms with Gasteiger partial charge in [0.15, 0.2) is 0 Å². The van der Waals surface area contributed by atoms with Crippen LogP contribution in [0.5, 0.6) is 0 Å². The largest absolute Gasteiger partial charge is 0.314 e. The number of hydrogen-bond acceptors (Lipinski definition) is 5. The van der Waals surface area contributed by atoms with Crippen LogP contribution < -0.4 is 5.32 Å². The molecule has 0 radical (unpaired) electrons. The number of rotatable bonds is 3. The lowest BCUT2D eigenvalue weighted by molar-refractivity contribution is 0.153. The summed E-state index contributed by atoms with van der Waals surface area (Å²) in [5, 5.41) is 11.8. The summed E-state index contributed by atoms with van der Waals surface area (Å²) in [6.07, 6.45) is 3.79. The summed E-state index contributed by atoms with van der Waals surface area (Å²) < 4.78 is 1.81. The van der Waals surface area contributed by atoms with Crippen LogP contribution in [0.4, 0.5) is 0 Å². The Hall–Kier alpha value is -2.02. The van der Waals surface area contributed by atoms with Crippen molar-refractivity contribution in [3.63, 3.8) is 0 Å². The average molecular weight is 345 g/mol. The third-order valence-electron chi connectivity index (χ3n) is 4.48. The van der Waals surface area contributed by atoms with Crippen LogP contribution in [0.3, 0.4) is 0 Å². The van der Waals surface area contributed by atoms with E-state index in [1.807, 2.05) is 30.2 Å². The third-order valence-corrected chi connectivity index (χ3v) is 4.48. The Balaban J connectivity index is 0.00000169. The van der Waals surface area contributed by atoms with Crippen molar-refractivity contribution in [2.75, 3.05) is 19.6 Å². The van der Waals surface area contributed by atoms with E-state index in [1.165, 1.54) is 11.1 Å². The first-order valence-corrected chi connectivity index (χ1v) is 7.94. The Kier molecular flexibility index (Phi) is 5.08. The summed E-state index contributed by atoms with van der Waals surface area (Å²) in [7, 11) is 1.92. The number of hydrogen-bond donors (Lipinski definition) is 1. The van der Waals surface area contributed by atoms with E-state index in [0.29, 0.717) is 6.04 Å². The summed E-state index contributed by atoms with van der Waals surface area (Å²) in [4.78, 5) is 6.77. The molecule has 0 spiro atoms. The lowest BCUT2D eigenvalue weighted by Gasteiger charge is -2.36. The normalized spacial score (nSPS) is 18.5. The maximum Gasteiger partial charge on any atom is 0.113 e. The molecule has 24 heavy (non-hydrogen) atoms. The van der Waals surface area contributed by atoms with Crippen LogP contribution in [-0.2, 0) is 13.6 Å². The molecule has 1 unspecified atom stereocenters. The van der Waals surface area contributed by atoms with Crippen molar-refractivity contribution in [1.82, 2.24) is 30.2 Å². The average Bonchev–Trinajstić information content (AvgIpc) is 2.97. The predicted molar refractivity (Wildman–Crippen MR) is 96.0 cm³/mol. The molecule has 126 valence electrons. The number of fused-ring (bicyclic) bond motifs is 1. The molecule has 3 heterocycles. The maximum absolute atomic E-state index is 4.27. The fourth-order valence-corrected chi connectivity index (χ4v) is 3.26. The second-order valence-electron chi connectivity index (χ2n) is 6.01. The molecular formula is C17H21ClN6. The van der Waals surface area contributed by atoms with E-state index in [2.05, 4.69) is 49.8 Å². The maximum atomic E-state index is 4.27. The van der Waals surface area contributed by atoms with Crippen LogP contribution in [0.15, 0.2) is 42.7 Å². The molecule has 1 saturated heterocycles. The zero-order chi connectivity index (χ0) is 15.6. The molecule has 1 fully saturated rings. The number of benzene rings is 1. The molecule has 0 saturated carbocycles. The van der Waals surface area contributed by atoms with Gasteiger partial charge in [-0.25, -0.2) is 4.68 Å². The summed E-state index contributed by atoms with van der Waals surface area (Å²) in [5.74, 6) is 0. The highest BCUT2D eigenvalue weighted by molar-refractivity contribution is 5.85. The number of nitrogens with zero attached hydrogens (tertiary/aromatic N) is 5. The molecule has 1 N–H and O–H groups in total. The van der Waals surface area contributed by atoms with Gasteiger partial charge in [0.1, 0.15) is 5.52 Å². The first kappa shape index (κ1) is 16.8. The van der Waals surface area contributed by atoms with Gasteiger partial charge in [-0.1, -0.05) is 17.3 Å². The molecule has 1 aliphatic heterocycles. The second-order valence-corrected chi connectivity index (χ2v) is 6.01. The van der Waals surface area contributed by atoms with Crippen molar-refractivity contribution in [3.8, 4) is 0 Å². The molecule has 0 amide bonds. The van der Waals surface area contributed by atoms with Crippen molar-refractivity contribution in [2.45, 2.75) is 12.6 Å². The Labute approximate surface area is 147 Å². The number of aromatic nitrogens is 4. The van der Waals surface area contributed by atoms with Gasteiger partial charge in [-0.2, -0.15) is 0 Å². The number of aryl methyl sites for hydroxylation is 1. The first-order valence-electron chi connectivity index (χ1n) is 7.94. The lowest BCUT2D eigenvalue weighted by Crippen LogP contribution is -2.45. The van der Waals surface area contributed by atoms with Gasteiger partial charge in [-0.05, 0) is 29.3 Å². The molecule has 0 bridgehead atoms. The Bertz CT molecular complexity index is 803. The zero-order valence-corrected chi connectivity index (χ0v) is 14.4. The molecule has 4 rings (SSSR count). The molecule has 3 aromatic rings. The minimum absolute atomic E-state index is 0. The summed E-state index contributed by atoms with van der Waals surface area (Å²) in [6, 6.07) is 10.9. The molecule has 6 nitrogen and oxygen atoms in total. The van der Waals surface area contributed by atoms with Crippen LogP contribution in [0.2, 0.25) is 0 Å². The van der Waals surface area contributed by atoms with Gasteiger partial charge in [0.25, 0.3) is 0 Å². The van der Waals surface area contributed by atoms with Gasteiger partial charge in [0.05, 0.1) is 5.52 Å². The fourth-order valence-electron chi connectivity index (χ4n) is 3.26. The van der Waals surface area contributed by atoms with E-state index in [0.717, 1.165) is 37.2 Å². The van der Waals surface area contributed by atoms with E-state index in [4.69, 9.17) is 0 Å². The lowest BCUT2D eigenvalue weighted by atomic mass is 10.0. The summed E-state index contributed by atoms with van der Waals surface area (Å²) in [5.41, 5.74) is 4.56. The van der Waals surface area contributed by atoms with E-state index < -0.39 is 0 Å². The number of pyridine rings is 1. The highest BCUT2D eigenvalue weighted by Gasteiger charge is 2.24. The van der Waals surface area contributed by atoms with Gasteiger partial charge in [-0.3, -0.25) is 9.88 Å². The molecular weight excluding hydrogens is 324 g/mol. The van der Waals surface area contributed by atoms with Crippen molar-refractivity contribution in [1.29, 1.82) is 0 Å². The van der Waals surface area contributed by atoms with Gasteiger partial charge in [0, 0.05) is 51.7 Å². The van der Waals surface area contributed by atoms with Crippen molar-refractivity contribution < 1.29 is 0 Å². The molecule has 2 aromatic heterocycles. The van der Waals surface area contributed by atoms with Crippen LogP contribution in [0.25, 0.3) is 11.0 Å². The SMILES string of the molecule is Cl.Cn1nnc2cc(CN3CCNCC3c3cccnc3)ccc21. The number of nitrogens with one attached hydrogen (secondary N) is 1. The molecule has 1 aromatic carbocycles. The summed E-state index contributed by atoms with van der Waals surface area (Å²) in [6.45, 7) is 3.91. The number of halogens is 1. The Morgan fingerprint density at radius 1 is 1.29 bits per heavy atom. The van der Waals surface area contributed by atoms with Crippen LogP contribution in [-0.4, -0.2) is 44.5 Å². The van der Waals surface area contributed by atoms with Crippen molar-refractivity contribution in [2.24, 2.45) is 7.05 Å². The number of piperazine rings is 1. The minimum atomic E-state index is 0. The molecule has 1 atom stereocenters. The monoisotopic (exact) mass is 344 g/mol. The van der Waals surface area contributed by atoms with Gasteiger partial charge in [-0.15, -0.1) is 17.5 Å². The second kappa shape index (κ2) is 7.25. The van der Waals surface area contributed by atoms with Crippen molar-refractivity contribution in [3.05, 3.63) is 53.9 Å². The van der Waals surface area contributed by atoms with E-state index in [9.17, 15) is 0 Å². The van der Waals surface area contributed by atoms with Crippen LogP contribution in [0.1, 0.15) is 17.2 Å². The standard InChI is InChI=1S/C17H20N6.ClH/c1-22-16-5-4-13(9-15(16)20-21-22)12-23-8-7-19-11-17(23)14-3-2-6-18-10-14;/h2-6,9-10,17,19H,7-8,11-12H2,1H3;1H. The molecule has 0 aliphatic carbocycles. The quantitative estimate of drug-likeness (QED) is 0.786. The fraction of sp³-hybridized carbons (Fsp3) is 0.353. The Morgan fingerprint density at radius 3 is 3.04 bits per heavy atom. The summed E-state index contributed by atoms with van der Waals surface area (Å²) >= 11 is 0. The highest BCUT2D eigenvalue weighted by atomic mass is 35.5. The van der Waals surface area contributed by atoms with Crippen LogP contribution in [0, 0.1) is 0 Å². The van der Waals surface area contributed by atoms with Crippen molar-refractivity contribution >= 4 is 23.4 Å². The van der Waals surface area contributed by atoms with Gasteiger partial charge >= 0.3 is 0 Å². The topological polar surface area (TPSA) is 58.9 Å². The molecule has 1 aliphatic rings. The van der Waals surface area contributed by atoms with Crippen LogP contribution >= 0.6 is 12.4 Å². The Morgan fingerprint density at radius 2 is 2.21 bits per heavy atom. The third kappa shape index (κ3) is 3.26. The zero-order valence-electron chi connectivity index (χ0n) is 13.6. The smallest absolute Gasteiger partial charge is 0.113 e. The minimum Gasteiger partial charge on any atom is -0.314 e. The first-order chi connectivity index (χ1) is 11.3. The molecule has 7 heteroatoms. The van der Waals surface area contributed by atoms with E-state index in [1.54, 1.807) is 0 Å². The highest BCUT2D eigenvalue weighted by Crippen LogP contribution is 2.24. The van der Waals surface area contributed by atoms with E-state index in [-0.39, 0.29) is 12.4 Å². The van der Waals surface area contributed by atoms with E-state index >= 15 is 0 Å².